The summed E-state index contributed by atoms with van der Waals surface area (Å²) in [4.78, 5) is 8.59. The minimum atomic E-state index is -4.23. The highest BCUT2D eigenvalue weighted by Crippen LogP contribution is 2.32. The molecule has 6 nitrogen and oxygen atoms in total. The fourth-order valence-corrected chi connectivity index (χ4v) is 4.12. The molecule has 0 atom stereocenters. The highest BCUT2D eigenvalue weighted by atomic mass is 35.5. The number of nitrogens with zero attached hydrogens (tertiary/aromatic N) is 5. The van der Waals surface area contributed by atoms with Crippen LogP contribution in [0.5, 0.6) is 0 Å². The number of hydrazine groups is 1. The molecular formula is C25H28ClF3N6. The van der Waals surface area contributed by atoms with Crippen LogP contribution in [0.1, 0.15) is 17.7 Å². The summed E-state index contributed by atoms with van der Waals surface area (Å²) in [6.45, 7) is 6.42. The molecule has 1 N–H and O–H groups in total. The number of nitrogens with one attached hydrogen (secondary N) is 1. The first-order valence-corrected chi connectivity index (χ1v) is 11.5. The zero-order chi connectivity index (χ0) is 25.6. The van der Waals surface area contributed by atoms with Gasteiger partial charge >= 0.3 is 6.18 Å². The van der Waals surface area contributed by atoms with Gasteiger partial charge in [-0.05, 0) is 42.3 Å². The Balaban J connectivity index is 1.80. The second-order valence-corrected chi connectivity index (χ2v) is 8.79. The second-order valence-electron chi connectivity index (χ2n) is 8.40. The molecule has 0 radical (unpaired) electrons. The normalized spacial score (nSPS) is 15.6. The lowest BCUT2D eigenvalue weighted by molar-refractivity contribution is -0.127. The second kappa shape index (κ2) is 11.5. The van der Waals surface area contributed by atoms with Crippen LogP contribution in [0.25, 0.3) is 5.70 Å². The average Bonchev–Trinajstić information content (AvgIpc) is 3.02. The third kappa shape index (κ3) is 7.13. The first-order valence-electron chi connectivity index (χ1n) is 11.1. The molecule has 186 valence electrons. The fourth-order valence-electron chi connectivity index (χ4n) is 3.97. The third-order valence-corrected chi connectivity index (χ3v) is 5.79. The summed E-state index contributed by atoms with van der Waals surface area (Å²) in [5.74, 6) is 0. The number of pyridine rings is 1. The molecule has 35 heavy (non-hydrogen) atoms. The molecule has 1 aromatic heterocycles. The van der Waals surface area contributed by atoms with E-state index in [0.29, 0.717) is 48.3 Å². The Hall–Kier alpha value is -3.22. The number of benzene rings is 1. The van der Waals surface area contributed by atoms with Gasteiger partial charge in [-0.3, -0.25) is 0 Å². The van der Waals surface area contributed by atoms with Crippen molar-refractivity contribution >= 4 is 28.7 Å². The van der Waals surface area contributed by atoms with E-state index in [1.807, 2.05) is 30.1 Å². The van der Waals surface area contributed by atoms with Crippen molar-refractivity contribution < 1.29 is 13.2 Å². The van der Waals surface area contributed by atoms with Gasteiger partial charge in [0.15, 0.2) is 0 Å². The van der Waals surface area contributed by atoms with Crippen molar-refractivity contribution in [1.82, 2.24) is 14.9 Å². The molecule has 0 unspecified atom stereocenters. The first-order chi connectivity index (χ1) is 16.6. The van der Waals surface area contributed by atoms with E-state index in [4.69, 9.17) is 11.6 Å². The molecule has 1 saturated heterocycles. The van der Waals surface area contributed by atoms with Gasteiger partial charge in [0.05, 0.1) is 23.4 Å². The van der Waals surface area contributed by atoms with Crippen molar-refractivity contribution in [2.75, 3.05) is 50.6 Å². The van der Waals surface area contributed by atoms with E-state index in [9.17, 15) is 18.4 Å². The molecule has 1 fully saturated rings. The summed E-state index contributed by atoms with van der Waals surface area (Å²) in [6, 6.07) is 12.1. The predicted molar refractivity (Wildman–Crippen MR) is 134 cm³/mol. The van der Waals surface area contributed by atoms with E-state index in [0.717, 1.165) is 17.8 Å². The van der Waals surface area contributed by atoms with Crippen molar-refractivity contribution in [3.8, 4) is 6.07 Å². The Kier molecular flexibility index (Phi) is 8.65. The Labute approximate surface area is 208 Å². The van der Waals surface area contributed by atoms with Crippen LogP contribution in [0, 0.1) is 11.3 Å². The van der Waals surface area contributed by atoms with Crippen LogP contribution < -0.4 is 10.3 Å². The summed E-state index contributed by atoms with van der Waals surface area (Å²) < 4.78 is 37.8. The lowest BCUT2D eigenvalue weighted by atomic mass is 10.1. The van der Waals surface area contributed by atoms with Crippen LogP contribution in [0.2, 0.25) is 5.15 Å². The van der Waals surface area contributed by atoms with Gasteiger partial charge in [0.2, 0.25) is 0 Å². The van der Waals surface area contributed by atoms with E-state index in [2.05, 4.69) is 28.0 Å². The summed E-state index contributed by atoms with van der Waals surface area (Å²) in [5, 5.41) is 12.2. The number of rotatable bonds is 7. The Morgan fingerprint density at radius 3 is 2.49 bits per heavy atom. The third-order valence-electron chi connectivity index (χ3n) is 5.58. The van der Waals surface area contributed by atoms with Crippen molar-refractivity contribution in [2.45, 2.75) is 19.0 Å². The van der Waals surface area contributed by atoms with Crippen molar-refractivity contribution in [3.63, 3.8) is 0 Å². The first kappa shape index (κ1) is 26.4. The minimum absolute atomic E-state index is 0.221. The number of aromatic nitrogens is 1. The van der Waals surface area contributed by atoms with Crippen molar-refractivity contribution in [3.05, 3.63) is 71.0 Å². The number of allylic oxidation sites excluding steroid dienone is 2. The van der Waals surface area contributed by atoms with E-state index < -0.39 is 12.6 Å². The topological polar surface area (TPSA) is 58.4 Å². The zero-order valence-corrected chi connectivity index (χ0v) is 20.5. The van der Waals surface area contributed by atoms with E-state index in [1.165, 1.54) is 18.2 Å². The molecule has 0 saturated carbocycles. The molecule has 2 aromatic rings. The van der Waals surface area contributed by atoms with Crippen molar-refractivity contribution in [2.24, 2.45) is 0 Å². The van der Waals surface area contributed by atoms with Crippen LogP contribution in [0.4, 0.5) is 24.5 Å². The Morgan fingerprint density at radius 1 is 1.17 bits per heavy atom. The maximum atomic E-state index is 12.6. The molecule has 1 aliphatic heterocycles. The Bertz CT molecular complexity index is 1110. The van der Waals surface area contributed by atoms with Crippen LogP contribution in [0.3, 0.4) is 0 Å². The monoisotopic (exact) mass is 504 g/mol. The van der Waals surface area contributed by atoms with Gasteiger partial charge < -0.3 is 15.2 Å². The number of halogens is 4. The number of alkyl halides is 3. The standard InChI is InChI=1S/C25H28ClF3N6/c1-4-19(17-30)24(23-21(33(2)3)10-11-22(26)31-23)34-12-5-13-35(15-14-34)32-20-8-6-18(7-9-20)16-25(27,28)29/h4,6-11,32H,1,5,12-16H2,2-3H3/b24-19-. The largest absolute Gasteiger partial charge is 0.393 e. The molecular weight excluding hydrogens is 477 g/mol. The molecule has 10 heteroatoms. The van der Waals surface area contributed by atoms with Gasteiger partial charge in [0.1, 0.15) is 16.9 Å². The smallest absolute Gasteiger partial charge is 0.376 e. The predicted octanol–water partition coefficient (Wildman–Crippen LogP) is 5.36. The van der Waals surface area contributed by atoms with Gasteiger partial charge in [-0.1, -0.05) is 30.3 Å². The molecule has 2 heterocycles. The highest BCUT2D eigenvalue weighted by molar-refractivity contribution is 6.29. The lowest BCUT2D eigenvalue weighted by Gasteiger charge is -2.29. The van der Waals surface area contributed by atoms with Crippen LogP contribution >= 0.6 is 11.6 Å². The van der Waals surface area contributed by atoms with Gasteiger partial charge in [0, 0.05) is 46.0 Å². The van der Waals surface area contributed by atoms with Crippen LogP contribution in [-0.2, 0) is 6.42 Å². The number of nitriles is 1. The van der Waals surface area contributed by atoms with Gasteiger partial charge in [-0.25, -0.2) is 9.99 Å². The summed E-state index contributed by atoms with van der Waals surface area (Å²) >= 11 is 6.23. The Morgan fingerprint density at radius 2 is 1.89 bits per heavy atom. The lowest BCUT2D eigenvalue weighted by Crippen LogP contribution is -2.34. The summed E-state index contributed by atoms with van der Waals surface area (Å²) in [7, 11) is 3.81. The van der Waals surface area contributed by atoms with E-state index in [1.54, 1.807) is 18.2 Å². The number of hydrogen-bond donors (Lipinski definition) is 1. The van der Waals surface area contributed by atoms with E-state index >= 15 is 0 Å². The minimum Gasteiger partial charge on any atom is -0.376 e. The summed E-state index contributed by atoms with van der Waals surface area (Å²) in [6.07, 6.45) is -2.86. The SMILES string of the molecule is C=C/C(C#N)=C(\c1nc(Cl)ccc1N(C)C)N1CCCN(Nc2ccc(CC(F)(F)F)cc2)CC1. The molecule has 0 spiro atoms. The number of anilines is 2. The zero-order valence-electron chi connectivity index (χ0n) is 19.7. The molecule has 1 aliphatic rings. The summed E-state index contributed by atoms with van der Waals surface area (Å²) in [5.41, 5.74) is 6.75. The highest BCUT2D eigenvalue weighted by Gasteiger charge is 2.27. The van der Waals surface area contributed by atoms with Crippen molar-refractivity contribution in [1.29, 1.82) is 5.26 Å². The maximum Gasteiger partial charge on any atom is 0.393 e. The van der Waals surface area contributed by atoms with Gasteiger partial charge in [-0.15, -0.1) is 0 Å². The maximum absolute atomic E-state index is 12.6. The molecule has 0 amide bonds. The van der Waals surface area contributed by atoms with Crippen LogP contribution in [0.15, 0.2) is 54.6 Å². The molecule has 3 rings (SSSR count). The number of hydrogen-bond acceptors (Lipinski definition) is 6. The molecule has 0 aliphatic carbocycles. The van der Waals surface area contributed by atoms with E-state index in [-0.39, 0.29) is 5.56 Å². The molecule has 0 bridgehead atoms. The molecule has 1 aromatic carbocycles. The quantitative estimate of drug-likeness (QED) is 0.311. The van der Waals surface area contributed by atoms with Gasteiger partial charge in [0.25, 0.3) is 0 Å². The average molecular weight is 505 g/mol. The fraction of sp³-hybridized carbons (Fsp3) is 0.360. The van der Waals surface area contributed by atoms with Gasteiger partial charge in [-0.2, -0.15) is 18.4 Å². The van der Waals surface area contributed by atoms with Crippen LogP contribution in [-0.4, -0.2) is 61.3 Å².